The van der Waals surface area contributed by atoms with Crippen LogP contribution in [0, 0.1) is 11.8 Å². The molecule has 0 saturated carbocycles. The molecule has 150 valence electrons. The molecule has 0 unspecified atom stereocenters. The first-order valence-electron chi connectivity index (χ1n) is 8.45. The highest BCUT2D eigenvalue weighted by Crippen LogP contribution is 2.24. The normalized spacial score (nSPS) is 17.7. The summed E-state index contributed by atoms with van der Waals surface area (Å²) >= 11 is 0. The molecule has 1 heterocycles. The number of hydrogen-bond acceptors (Lipinski definition) is 5. The summed E-state index contributed by atoms with van der Waals surface area (Å²) in [7, 11) is -2.34. The van der Waals surface area contributed by atoms with Crippen LogP contribution in [-0.4, -0.2) is 68.3 Å². The Morgan fingerprint density at radius 3 is 2.15 bits per heavy atom. The minimum absolute atomic E-state index is 0.154. The van der Waals surface area contributed by atoms with E-state index in [4.69, 9.17) is 4.74 Å². The number of ether oxygens (including phenoxy) is 1. The van der Waals surface area contributed by atoms with Gasteiger partial charge in [-0.1, -0.05) is 13.8 Å². The van der Waals surface area contributed by atoms with Crippen molar-refractivity contribution >= 4 is 21.8 Å². The van der Waals surface area contributed by atoms with Crippen molar-refractivity contribution < 1.29 is 27.1 Å². The maximum Gasteiger partial charge on any atom is 0.329 e. The molecule has 0 aromatic carbocycles. The Labute approximate surface area is 155 Å². The molecule has 26 heavy (non-hydrogen) atoms. The standard InChI is InChI=1S/C17H29FN2O5S/c1-11(2)14(15(21)25-17(3,4)5)19(6)16(22)20-9-12(10-20)8-13(18)26(7,23)24/h8,11-12,14H,9-10H2,1-7H3/b13-8+/t14-/m0/s1. The highest BCUT2D eigenvalue weighted by molar-refractivity contribution is 7.94. The van der Waals surface area contributed by atoms with E-state index < -0.39 is 32.6 Å². The van der Waals surface area contributed by atoms with Crippen LogP contribution in [0.2, 0.25) is 0 Å². The van der Waals surface area contributed by atoms with Crippen molar-refractivity contribution in [1.82, 2.24) is 9.80 Å². The number of likely N-dealkylation sites (N-methyl/N-ethyl adjacent to an activating group) is 1. The quantitative estimate of drug-likeness (QED) is 0.670. The number of carbonyl (C=O) groups is 2. The molecule has 9 heteroatoms. The van der Waals surface area contributed by atoms with Gasteiger partial charge in [-0.2, -0.15) is 4.39 Å². The number of carbonyl (C=O) groups excluding carboxylic acids is 2. The van der Waals surface area contributed by atoms with Gasteiger partial charge < -0.3 is 14.5 Å². The monoisotopic (exact) mass is 392 g/mol. The fourth-order valence-corrected chi connectivity index (χ4v) is 3.10. The van der Waals surface area contributed by atoms with Gasteiger partial charge in [-0.05, 0) is 32.8 Å². The third-order valence-corrected chi connectivity index (χ3v) is 4.74. The van der Waals surface area contributed by atoms with Crippen LogP contribution in [0.3, 0.4) is 0 Å². The van der Waals surface area contributed by atoms with E-state index in [0.29, 0.717) is 0 Å². The number of amides is 2. The van der Waals surface area contributed by atoms with E-state index in [2.05, 4.69) is 0 Å². The molecule has 1 atom stereocenters. The first kappa shape index (κ1) is 22.4. The van der Waals surface area contributed by atoms with Crippen molar-refractivity contribution in [2.75, 3.05) is 26.4 Å². The fraction of sp³-hybridized carbons (Fsp3) is 0.765. The van der Waals surface area contributed by atoms with Crippen LogP contribution in [0.5, 0.6) is 0 Å². The van der Waals surface area contributed by atoms with Crippen molar-refractivity contribution in [1.29, 1.82) is 0 Å². The lowest BCUT2D eigenvalue weighted by Gasteiger charge is -2.42. The summed E-state index contributed by atoms with van der Waals surface area (Å²) in [5, 5.41) is -1.18. The van der Waals surface area contributed by atoms with Crippen molar-refractivity contribution in [3.8, 4) is 0 Å². The van der Waals surface area contributed by atoms with E-state index >= 15 is 0 Å². The molecule has 0 N–H and O–H groups in total. The maximum atomic E-state index is 13.5. The molecular weight excluding hydrogens is 363 g/mol. The Balaban J connectivity index is 2.76. The minimum Gasteiger partial charge on any atom is -0.458 e. The first-order chi connectivity index (χ1) is 11.6. The summed E-state index contributed by atoms with van der Waals surface area (Å²) in [5.41, 5.74) is -0.663. The lowest BCUT2D eigenvalue weighted by molar-refractivity contribution is -0.161. The first-order valence-corrected chi connectivity index (χ1v) is 10.3. The molecule has 1 fully saturated rings. The number of nitrogens with zero attached hydrogens (tertiary/aromatic N) is 2. The molecule has 0 aliphatic carbocycles. The summed E-state index contributed by atoms with van der Waals surface area (Å²) in [5.74, 6) is -0.997. The zero-order valence-corrected chi connectivity index (χ0v) is 17.3. The number of likely N-dealkylation sites (tertiary alicyclic amines) is 1. The van der Waals surface area contributed by atoms with Crippen LogP contribution in [0.4, 0.5) is 9.18 Å². The molecule has 0 spiro atoms. The second kappa shape index (κ2) is 7.94. The molecule has 1 saturated heterocycles. The topological polar surface area (TPSA) is 84.0 Å². The van der Waals surface area contributed by atoms with Crippen LogP contribution in [0.1, 0.15) is 34.6 Å². The smallest absolute Gasteiger partial charge is 0.329 e. The van der Waals surface area contributed by atoms with Crippen LogP contribution >= 0.6 is 0 Å². The molecule has 1 aliphatic heterocycles. The molecule has 0 aromatic heterocycles. The van der Waals surface area contributed by atoms with Gasteiger partial charge in [-0.25, -0.2) is 18.0 Å². The SMILES string of the molecule is CC(C)[C@@H](C(=O)OC(C)(C)C)N(C)C(=O)N1CC(/C=C(\F)S(C)(=O)=O)C1. The summed E-state index contributed by atoms with van der Waals surface area (Å²) in [6.45, 7) is 9.31. The Morgan fingerprint density at radius 1 is 1.27 bits per heavy atom. The average Bonchev–Trinajstić information content (AvgIpc) is 2.37. The molecule has 1 rings (SSSR count). The van der Waals surface area contributed by atoms with Gasteiger partial charge in [0, 0.05) is 32.3 Å². The molecule has 0 radical (unpaired) electrons. The second-order valence-corrected chi connectivity index (χ2v) is 9.96. The van der Waals surface area contributed by atoms with Crippen LogP contribution in [0.25, 0.3) is 0 Å². The average molecular weight is 392 g/mol. The second-order valence-electron chi connectivity index (χ2n) is 8.02. The van der Waals surface area contributed by atoms with E-state index in [1.165, 1.54) is 16.8 Å². The number of hydrogen-bond donors (Lipinski definition) is 0. The van der Waals surface area contributed by atoms with E-state index in [-0.39, 0.29) is 31.0 Å². The van der Waals surface area contributed by atoms with E-state index in [1.54, 1.807) is 20.8 Å². The van der Waals surface area contributed by atoms with E-state index in [1.807, 2.05) is 13.8 Å². The van der Waals surface area contributed by atoms with Gasteiger partial charge in [0.1, 0.15) is 11.6 Å². The summed E-state index contributed by atoms with van der Waals surface area (Å²) in [6.07, 6.45) is 1.81. The highest BCUT2D eigenvalue weighted by Gasteiger charge is 2.38. The summed E-state index contributed by atoms with van der Waals surface area (Å²) in [4.78, 5) is 27.8. The predicted molar refractivity (Wildman–Crippen MR) is 96.7 cm³/mol. The molecule has 7 nitrogen and oxygen atoms in total. The third kappa shape index (κ3) is 5.96. The Hall–Kier alpha value is -1.64. The van der Waals surface area contributed by atoms with Crippen molar-refractivity contribution in [3.63, 3.8) is 0 Å². The van der Waals surface area contributed by atoms with Gasteiger partial charge in [0.25, 0.3) is 0 Å². The zero-order valence-electron chi connectivity index (χ0n) is 16.4. The number of esters is 1. The largest absolute Gasteiger partial charge is 0.458 e. The summed E-state index contributed by atoms with van der Waals surface area (Å²) in [6, 6.07) is -1.12. The maximum absolute atomic E-state index is 13.5. The van der Waals surface area contributed by atoms with Crippen LogP contribution < -0.4 is 0 Å². The van der Waals surface area contributed by atoms with E-state index in [0.717, 1.165) is 12.3 Å². The third-order valence-electron chi connectivity index (χ3n) is 3.90. The van der Waals surface area contributed by atoms with Gasteiger partial charge in [0.2, 0.25) is 15.0 Å². The van der Waals surface area contributed by atoms with Crippen molar-refractivity contribution in [3.05, 3.63) is 11.2 Å². The van der Waals surface area contributed by atoms with Gasteiger partial charge in [0.15, 0.2) is 0 Å². The molecule has 0 bridgehead atoms. The molecule has 0 aromatic rings. The van der Waals surface area contributed by atoms with E-state index in [9.17, 15) is 22.4 Å². The highest BCUT2D eigenvalue weighted by atomic mass is 32.2. The van der Waals surface area contributed by atoms with Gasteiger partial charge in [-0.3, -0.25) is 0 Å². The van der Waals surface area contributed by atoms with Gasteiger partial charge >= 0.3 is 12.0 Å². The minimum atomic E-state index is -3.86. The molecule has 2 amide bonds. The van der Waals surface area contributed by atoms with Gasteiger partial charge in [0.05, 0.1) is 0 Å². The number of sulfone groups is 1. The summed E-state index contributed by atoms with van der Waals surface area (Å²) < 4.78 is 41.1. The van der Waals surface area contributed by atoms with Crippen molar-refractivity contribution in [2.45, 2.75) is 46.3 Å². The molecular formula is C17H29FN2O5S. The lowest BCUT2D eigenvalue weighted by atomic mass is 10.00. The predicted octanol–water partition coefficient (Wildman–Crippen LogP) is 2.19. The fourth-order valence-electron chi connectivity index (χ4n) is 2.66. The Bertz CT molecular complexity index is 676. The molecule has 1 aliphatic rings. The van der Waals surface area contributed by atoms with Gasteiger partial charge in [-0.15, -0.1) is 0 Å². The van der Waals surface area contributed by atoms with Crippen LogP contribution in [0.15, 0.2) is 11.2 Å². The number of rotatable bonds is 5. The zero-order chi connectivity index (χ0) is 20.4. The number of halogens is 1. The van der Waals surface area contributed by atoms with Crippen LogP contribution in [-0.2, 0) is 19.4 Å². The Kier molecular flexibility index (Phi) is 6.84. The number of urea groups is 1. The lowest BCUT2D eigenvalue weighted by Crippen LogP contribution is -2.58. The van der Waals surface area contributed by atoms with Crippen molar-refractivity contribution in [2.24, 2.45) is 11.8 Å². The Morgan fingerprint density at radius 2 is 1.77 bits per heavy atom.